The standard InChI is InChI=1S/C11H7BrO4/c1-15-11(14)9-5-7-6(10(13)16-9)3-2-4-8(7)12/h2-5H,1H3. The number of hydrogen-bond donors (Lipinski definition) is 0. The van der Waals surface area contributed by atoms with Gasteiger partial charge >= 0.3 is 11.6 Å². The summed E-state index contributed by atoms with van der Waals surface area (Å²) in [6.45, 7) is 0. The smallest absolute Gasteiger partial charge is 0.374 e. The minimum absolute atomic E-state index is 0.105. The molecule has 0 radical (unpaired) electrons. The predicted octanol–water partition coefficient (Wildman–Crippen LogP) is 2.34. The first-order chi connectivity index (χ1) is 7.63. The van der Waals surface area contributed by atoms with Crippen LogP contribution in [-0.4, -0.2) is 13.1 Å². The third-order valence-corrected chi connectivity index (χ3v) is 2.83. The van der Waals surface area contributed by atoms with Crippen molar-refractivity contribution < 1.29 is 13.9 Å². The summed E-state index contributed by atoms with van der Waals surface area (Å²) in [6.07, 6.45) is 0. The van der Waals surface area contributed by atoms with Crippen LogP contribution in [0.3, 0.4) is 0 Å². The third kappa shape index (κ3) is 1.74. The van der Waals surface area contributed by atoms with Gasteiger partial charge in [-0.05, 0) is 18.2 Å². The lowest BCUT2D eigenvalue weighted by Crippen LogP contribution is -2.08. The van der Waals surface area contributed by atoms with Crippen LogP contribution in [0.4, 0.5) is 0 Å². The number of carbonyl (C=O) groups excluding carboxylic acids is 1. The third-order valence-electron chi connectivity index (χ3n) is 2.14. The van der Waals surface area contributed by atoms with Gasteiger partial charge in [-0.25, -0.2) is 9.59 Å². The van der Waals surface area contributed by atoms with Crippen LogP contribution >= 0.6 is 15.9 Å². The van der Waals surface area contributed by atoms with Gasteiger partial charge in [0.05, 0.1) is 12.5 Å². The Morgan fingerprint density at radius 1 is 1.38 bits per heavy atom. The highest BCUT2D eigenvalue weighted by molar-refractivity contribution is 9.10. The van der Waals surface area contributed by atoms with E-state index in [0.29, 0.717) is 10.8 Å². The molecule has 0 N–H and O–H groups in total. The Morgan fingerprint density at radius 3 is 2.81 bits per heavy atom. The number of esters is 1. The first-order valence-corrected chi connectivity index (χ1v) is 5.23. The van der Waals surface area contributed by atoms with Crippen molar-refractivity contribution in [2.45, 2.75) is 0 Å². The fourth-order valence-electron chi connectivity index (χ4n) is 1.38. The van der Waals surface area contributed by atoms with Crippen molar-refractivity contribution in [3.8, 4) is 0 Å². The zero-order valence-electron chi connectivity index (χ0n) is 8.32. The highest BCUT2D eigenvalue weighted by atomic mass is 79.9. The number of carbonyl (C=O) groups is 1. The maximum absolute atomic E-state index is 11.6. The summed E-state index contributed by atoms with van der Waals surface area (Å²) in [7, 11) is 1.23. The Bertz CT molecular complexity index is 615. The molecule has 0 spiro atoms. The van der Waals surface area contributed by atoms with E-state index in [1.165, 1.54) is 13.2 Å². The maximum atomic E-state index is 11.6. The molecule has 82 valence electrons. The first kappa shape index (κ1) is 10.9. The highest BCUT2D eigenvalue weighted by Crippen LogP contribution is 2.22. The summed E-state index contributed by atoms with van der Waals surface area (Å²) in [6, 6.07) is 6.61. The van der Waals surface area contributed by atoms with E-state index in [0.717, 1.165) is 4.47 Å². The molecule has 0 aliphatic heterocycles. The Balaban J connectivity index is 2.80. The lowest BCUT2D eigenvalue weighted by atomic mass is 10.2. The van der Waals surface area contributed by atoms with E-state index in [1.54, 1.807) is 18.2 Å². The van der Waals surface area contributed by atoms with Crippen molar-refractivity contribution in [3.63, 3.8) is 0 Å². The molecule has 0 fully saturated rings. The number of methoxy groups -OCH3 is 1. The van der Waals surface area contributed by atoms with Crippen molar-refractivity contribution in [2.24, 2.45) is 0 Å². The Hall–Kier alpha value is -1.62. The second-order valence-corrected chi connectivity index (χ2v) is 3.95. The molecule has 5 heteroatoms. The van der Waals surface area contributed by atoms with Crippen LogP contribution in [0.15, 0.2) is 37.9 Å². The number of halogens is 1. The fourth-order valence-corrected chi connectivity index (χ4v) is 1.86. The van der Waals surface area contributed by atoms with Crippen LogP contribution in [0.5, 0.6) is 0 Å². The van der Waals surface area contributed by atoms with Crippen LogP contribution in [-0.2, 0) is 4.74 Å². The van der Waals surface area contributed by atoms with E-state index in [2.05, 4.69) is 20.7 Å². The molecule has 0 saturated heterocycles. The molecule has 0 saturated carbocycles. The van der Waals surface area contributed by atoms with Gasteiger partial charge in [-0.2, -0.15) is 0 Å². The SMILES string of the molecule is COC(=O)c1cc2c(Br)cccc2c(=O)o1. The topological polar surface area (TPSA) is 56.5 Å². The Labute approximate surface area is 99.0 Å². The summed E-state index contributed by atoms with van der Waals surface area (Å²) in [5, 5.41) is 1.04. The summed E-state index contributed by atoms with van der Waals surface area (Å²) in [5.41, 5.74) is -0.556. The van der Waals surface area contributed by atoms with Crippen LogP contribution in [0.2, 0.25) is 0 Å². The zero-order valence-corrected chi connectivity index (χ0v) is 9.91. The molecule has 0 amide bonds. The van der Waals surface area contributed by atoms with Gasteiger partial charge in [-0.1, -0.05) is 22.0 Å². The van der Waals surface area contributed by atoms with Gasteiger partial charge in [-0.3, -0.25) is 0 Å². The molecule has 4 nitrogen and oxygen atoms in total. The van der Waals surface area contributed by atoms with Crippen LogP contribution < -0.4 is 5.63 Å². The second-order valence-electron chi connectivity index (χ2n) is 3.09. The molecule has 1 aromatic heterocycles. The quantitative estimate of drug-likeness (QED) is 0.754. The van der Waals surface area contributed by atoms with E-state index in [4.69, 9.17) is 4.42 Å². The van der Waals surface area contributed by atoms with Crippen molar-refractivity contribution in [2.75, 3.05) is 7.11 Å². The molecule has 16 heavy (non-hydrogen) atoms. The van der Waals surface area contributed by atoms with Crippen molar-refractivity contribution in [1.82, 2.24) is 0 Å². The summed E-state index contributed by atoms with van der Waals surface area (Å²) in [5.74, 6) is -0.776. The molecule has 1 heterocycles. The minimum atomic E-state index is -0.672. The lowest BCUT2D eigenvalue weighted by Gasteiger charge is -2.01. The molecule has 1 aromatic carbocycles. The molecular formula is C11H7BrO4. The summed E-state index contributed by atoms with van der Waals surface area (Å²) >= 11 is 3.30. The normalized spacial score (nSPS) is 10.4. The van der Waals surface area contributed by atoms with Crippen LogP contribution in [0, 0.1) is 0 Å². The second kappa shape index (κ2) is 4.09. The van der Waals surface area contributed by atoms with E-state index in [1.807, 2.05) is 0 Å². The maximum Gasteiger partial charge on any atom is 0.374 e. The Kier molecular flexibility index (Phi) is 2.78. The monoisotopic (exact) mass is 282 g/mol. The van der Waals surface area contributed by atoms with Gasteiger partial charge in [0.25, 0.3) is 0 Å². The predicted molar refractivity (Wildman–Crippen MR) is 61.5 cm³/mol. The molecular weight excluding hydrogens is 276 g/mol. The minimum Gasteiger partial charge on any atom is -0.463 e. The van der Waals surface area contributed by atoms with E-state index in [9.17, 15) is 9.59 Å². The largest absolute Gasteiger partial charge is 0.463 e. The van der Waals surface area contributed by atoms with E-state index in [-0.39, 0.29) is 5.76 Å². The molecule has 0 atom stereocenters. The zero-order chi connectivity index (χ0) is 11.7. The Morgan fingerprint density at radius 2 is 2.12 bits per heavy atom. The van der Waals surface area contributed by atoms with Gasteiger partial charge in [0.1, 0.15) is 0 Å². The summed E-state index contributed by atoms with van der Waals surface area (Å²) in [4.78, 5) is 22.8. The number of ether oxygens (including phenoxy) is 1. The number of fused-ring (bicyclic) bond motifs is 1. The van der Waals surface area contributed by atoms with Gasteiger partial charge in [0, 0.05) is 9.86 Å². The van der Waals surface area contributed by atoms with Crippen molar-refractivity contribution >= 4 is 32.7 Å². The molecule has 0 unspecified atom stereocenters. The van der Waals surface area contributed by atoms with Crippen LogP contribution in [0.25, 0.3) is 10.8 Å². The number of rotatable bonds is 1. The van der Waals surface area contributed by atoms with Gasteiger partial charge in [0.2, 0.25) is 5.76 Å². The highest BCUT2D eigenvalue weighted by Gasteiger charge is 2.13. The average molecular weight is 283 g/mol. The van der Waals surface area contributed by atoms with Crippen molar-refractivity contribution in [3.05, 3.63) is 44.9 Å². The summed E-state index contributed by atoms with van der Waals surface area (Å²) < 4.78 is 10.1. The van der Waals surface area contributed by atoms with Gasteiger partial charge < -0.3 is 9.15 Å². The molecule has 0 bridgehead atoms. The molecule has 0 aliphatic rings. The van der Waals surface area contributed by atoms with Gasteiger partial charge in [-0.15, -0.1) is 0 Å². The average Bonchev–Trinajstić information content (AvgIpc) is 2.29. The lowest BCUT2D eigenvalue weighted by molar-refractivity contribution is 0.0560. The number of benzene rings is 1. The van der Waals surface area contributed by atoms with E-state index < -0.39 is 11.6 Å². The molecule has 0 aliphatic carbocycles. The number of hydrogen-bond acceptors (Lipinski definition) is 4. The van der Waals surface area contributed by atoms with Crippen molar-refractivity contribution in [1.29, 1.82) is 0 Å². The molecule has 2 rings (SSSR count). The fraction of sp³-hybridized carbons (Fsp3) is 0.0909. The van der Waals surface area contributed by atoms with E-state index >= 15 is 0 Å². The van der Waals surface area contributed by atoms with Gasteiger partial charge in [0.15, 0.2) is 0 Å². The molecule has 2 aromatic rings. The first-order valence-electron chi connectivity index (χ1n) is 4.44. The van der Waals surface area contributed by atoms with Crippen LogP contribution in [0.1, 0.15) is 10.6 Å².